The van der Waals surface area contributed by atoms with Crippen molar-refractivity contribution in [3.63, 3.8) is 0 Å². The molecule has 0 saturated carbocycles. The molecule has 0 spiro atoms. The molecule has 0 amide bonds. The Bertz CT molecular complexity index is 895. The van der Waals surface area contributed by atoms with Gasteiger partial charge in [0.2, 0.25) is 0 Å². The van der Waals surface area contributed by atoms with Crippen molar-refractivity contribution in [1.82, 2.24) is 4.83 Å². The van der Waals surface area contributed by atoms with Crippen molar-refractivity contribution >= 4 is 21.9 Å². The molecule has 0 unspecified atom stereocenters. The molecule has 2 aromatic carbocycles. The van der Waals surface area contributed by atoms with E-state index in [2.05, 4.69) is 5.10 Å². The second kappa shape index (κ2) is 6.96. The van der Waals surface area contributed by atoms with Gasteiger partial charge in [-0.3, -0.25) is 10.1 Å². The summed E-state index contributed by atoms with van der Waals surface area (Å²) in [5.74, 6) is 0.146. The van der Waals surface area contributed by atoms with Crippen molar-refractivity contribution in [2.45, 2.75) is 4.90 Å². The zero-order valence-corrected chi connectivity index (χ0v) is 13.2. The first-order valence-electron chi connectivity index (χ1n) is 6.50. The molecule has 0 heterocycles. The molecule has 0 radical (unpaired) electrons. The SMILES string of the molecule is COc1cc(/C=N\NS(=O)(=O)c2cccc([N+](=O)[O-])c2)ccc1O. The minimum absolute atomic E-state index is 0.0631. The lowest BCUT2D eigenvalue weighted by Crippen LogP contribution is -2.18. The third-order valence-corrected chi connectivity index (χ3v) is 4.15. The number of hydrogen-bond acceptors (Lipinski definition) is 7. The second-order valence-electron chi connectivity index (χ2n) is 4.54. The first-order chi connectivity index (χ1) is 11.3. The van der Waals surface area contributed by atoms with Crippen molar-refractivity contribution in [2.75, 3.05) is 7.11 Å². The molecule has 0 aliphatic heterocycles. The molecule has 0 atom stereocenters. The van der Waals surface area contributed by atoms with E-state index in [-0.39, 0.29) is 22.1 Å². The minimum Gasteiger partial charge on any atom is -0.504 e. The lowest BCUT2D eigenvalue weighted by atomic mass is 10.2. The largest absolute Gasteiger partial charge is 0.504 e. The average molecular weight is 351 g/mol. The summed E-state index contributed by atoms with van der Waals surface area (Å²) in [6, 6.07) is 8.93. The van der Waals surface area contributed by atoms with E-state index in [0.29, 0.717) is 5.56 Å². The van der Waals surface area contributed by atoms with Crippen LogP contribution in [0.2, 0.25) is 0 Å². The molecule has 0 aliphatic carbocycles. The van der Waals surface area contributed by atoms with Crippen molar-refractivity contribution in [1.29, 1.82) is 0 Å². The van der Waals surface area contributed by atoms with Crippen LogP contribution < -0.4 is 9.57 Å². The van der Waals surface area contributed by atoms with E-state index in [1.54, 1.807) is 0 Å². The molecule has 126 valence electrons. The molecule has 2 aromatic rings. The molecule has 2 rings (SSSR count). The summed E-state index contributed by atoms with van der Waals surface area (Å²) in [5.41, 5.74) is 0.136. The van der Waals surface area contributed by atoms with E-state index < -0.39 is 14.9 Å². The van der Waals surface area contributed by atoms with E-state index in [4.69, 9.17) is 4.74 Å². The minimum atomic E-state index is -4.04. The van der Waals surface area contributed by atoms with Gasteiger partial charge in [-0.25, -0.2) is 4.83 Å². The Morgan fingerprint density at radius 1 is 1.29 bits per heavy atom. The summed E-state index contributed by atoms with van der Waals surface area (Å²) < 4.78 is 29.0. The fraction of sp³-hybridized carbons (Fsp3) is 0.0714. The van der Waals surface area contributed by atoms with Crippen LogP contribution in [0.3, 0.4) is 0 Å². The van der Waals surface area contributed by atoms with Crippen molar-refractivity contribution < 1.29 is 23.2 Å². The molecule has 24 heavy (non-hydrogen) atoms. The molecule has 0 fully saturated rings. The number of hydrazone groups is 1. The van der Waals surface area contributed by atoms with Crippen LogP contribution in [-0.4, -0.2) is 31.8 Å². The Morgan fingerprint density at radius 2 is 2.04 bits per heavy atom. The predicted molar refractivity (Wildman–Crippen MR) is 85.7 cm³/mol. The number of phenolic OH excluding ortho intramolecular Hbond substituents is 1. The van der Waals surface area contributed by atoms with Gasteiger partial charge < -0.3 is 9.84 Å². The summed E-state index contributed by atoms with van der Waals surface area (Å²) >= 11 is 0. The van der Waals surface area contributed by atoms with Crippen molar-refractivity contribution in [3.05, 3.63) is 58.1 Å². The maximum absolute atomic E-state index is 12.1. The van der Waals surface area contributed by atoms with Gasteiger partial charge >= 0.3 is 0 Å². The van der Waals surface area contributed by atoms with Gasteiger partial charge in [-0.05, 0) is 29.8 Å². The van der Waals surface area contributed by atoms with Gasteiger partial charge in [0.25, 0.3) is 15.7 Å². The number of sulfonamides is 1. The monoisotopic (exact) mass is 351 g/mol. The quantitative estimate of drug-likeness (QED) is 0.462. The summed E-state index contributed by atoms with van der Waals surface area (Å²) in [6.45, 7) is 0. The highest BCUT2D eigenvalue weighted by molar-refractivity contribution is 7.89. The third-order valence-electron chi connectivity index (χ3n) is 2.93. The summed E-state index contributed by atoms with van der Waals surface area (Å²) in [5, 5.41) is 23.8. The van der Waals surface area contributed by atoms with Crippen LogP contribution in [0.25, 0.3) is 0 Å². The molecule has 10 heteroatoms. The van der Waals surface area contributed by atoms with Crippen LogP contribution in [-0.2, 0) is 10.0 Å². The summed E-state index contributed by atoms with van der Waals surface area (Å²) in [4.78, 5) is 11.7. The standard InChI is InChI=1S/C14H13N3O6S/c1-23-14-7-10(5-6-13(14)18)9-15-16-24(21,22)12-4-2-3-11(8-12)17(19)20/h2-9,16,18H,1H3/b15-9-. The highest BCUT2D eigenvalue weighted by atomic mass is 32.2. The van der Waals surface area contributed by atoms with Gasteiger partial charge in [-0.1, -0.05) is 6.07 Å². The van der Waals surface area contributed by atoms with Crippen LogP contribution >= 0.6 is 0 Å². The first kappa shape index (κ1) is 17.2. The summed E-state index contributed by atoms with van der Waals surface area (Å²) in [6.07, 6.45) is 1.21. The van der Waals surface area contributed by atoms with E-state index in [9.17, 15) is 23.6 Å². The van der Waals surface area contributed by atoms with Crippen LogP contribution in [0, 0.1) is 10.1 Å². The van der Waals surface area contributed by atoms with Gasteiger partial charge in [-0.15, -0.1) is 0 Å². The Hall–Kier alpha value is -3.14. The maximum Gasteiger partial charge on any atom is 0.276 e. The van der Waals surface area contributed by atoms with E-state index in [1.165, 1.54) is 49.7 Å². The van der Waals surface area contributed by atoms with Crippen LogP contribution in [0.1, 0.15) is 5.56 Å². The number of methoxy groups -OCH3 is 1. The average Bonchev–Trinajstić information content (AvgIpc) is 2.56. The van der Waals surface area contributed by atoms with E-state index in [0.717, 1.165) is 6.07 Å². The number of nitro groups is 1. The Balaban J connectivity index is 2.18. The normalized spacial score (nSPS) is 11.4. The molecule has 0 aromatic heterocycles. The second-order valence-corrected chi connectivity index (χ2v) is 6.20. The number of rotatable bonds is 6. The van der Waals surface area contributed by atoms with E-state index in [1.807, 2.05) is 4.83 Å². The van der Waals surface area contributed by atoms with Gasteiger partial charge in [-0.2, -0.15) is 13.5 Å². The van der Waals surface area contributed by atoms with Crippen molar-refractivity contribution in [2.24, 2.45) is 5.10 Å². The lowest BCUT2D eigenvalue weighted by Gasteiger charge is -2.04. The van der Waals surface area contributed by atoms with E-state index >= 15 is 0 Å². The number of aromatic hydroxyl groups is 1. The number of phenols is 1. The molecular formula is C14H13N3O6S. The lowest BCUT2D eigenvalue weighted by molar-refractivity contribution is -0.385. The fourth-order valence-electron chi connectivity index (χ4n) is 1.76. The van der Waals surface area contributed by atoms with Crippen LogP contribution in [0.4, 0.5) is 5.69 Å². The maximum atomic E-state index is 12.1. The molecule has 0 aliphatic rings. The Labute approximate surface area is 137 Å². The number of hydrogen-bond donors (Lipinski definition) is 2. The first-order valence-corrected chi connectivity index (χ1v) is 7.98. The Kier molecular flexibility index (Phi) is 4.99. The molecular weight excluding hydrogens is 338 g/mol. The van der Waals surface area contributed by atoms with Gasteiger partial charge in [0.15, 0.2) is 11.5 Å². The smallest absolute Gasteiger partial charge is 0.276 e. The number of nitrogens with one attached hydrogen (secondary N) is 1. The van der Waals surface area contributed by atoms with Gasteiger partial charge in [0, 0.05) is 12.1 Å². The highest BCUT2D eigenvalue weighted by Crippen LogP contribution is 2.25. The number of non-ortho nitro benzene ring substituents is 1. The van der Waals surface area contributed by atoms with Crippen LogP contribution in [0.15, 0.2) is 52.5 Å². The third kappa shape index (κ3) is 3.98. The number of ether oxygens (including phenoxy) is 1. The predicted octanol–water partition coefficient (Wildman–Crippen LogP) is 1.62. The Morgan fingerprint density at radius 3 is 2.71 bits per heavy atom. The zero-order valence-electron chi connectivity index (χ0n) is 12.4. The summed E-state index contributed by atoms with van der Waals surface area (Å²) in [7, 11) is -2.67. The molecule has 9 nitrogen and oxygen atoms in total. The zero-order chi connectivity index (χ0) is 17.7. The number of nitro benzene ring substituents is 1. The molecule has 0 saturated heterocycles. The van der Waals surface area contributed by atoms with Gasteiger partial charge in [0.05, 0.1) is 23.1 Å². The topological polar surface area (TPSA) is 131 Å². The molecule has 2 N–H and O–H groups in total. The van der Waals surface area contributed by atoms with Crippen molar-refractivity contribution in [3.8, 4) is 11.5 Å². The number of nitrogens with zero attached hydrogens (tertiary/aromatic N) is 2. The highest BCUT2D eigenvalue weighted by Gasteiger charge is 2.16. The molecule has 0 bridgehead atoms. The van der Waals surface area contributed by atoms with Gasteiger partial charge in [0.1, 0.15) is 0 Å². The fourth-order valence-corrected chi connectivity index (χ4v) is 2.59. The van der Waals surface area contributed by atoms with Crippen LogP contribution in [0.5, 0.6) is 11.5 Å². The number of benzene rings is 2.